The fraction of sp³-hybridized carbons (Fsp3) is 0.143. The molecule has 2 nitrogen and oxygen atoms in total. The smallest absolute Gasteiger partial charge is 0.174 e. The number of nitrogens with zero attached hydrogens (tertiary/aromatic N) is 1. The molecule has 0 saturated heterocycles. The number of aromatic nitrogens is 1. The fourth-order valence-electron chi connectivity index (χ4n) is 1.71. The van der Waals surface area contributed by atoms with E-state index >= 15 is 0 Å². The molecule has 0 bridgehead atoms. The lowest BCUT2D eigenvalue weighted by molar-refractivity contribution is -0.688. The third-order valence-corrected chi connectivity index (χ3v) is 2.46. The van der Waals surface area contributed by atoms with Crippen molar-refractivity contribution < 1.29 is 9.67 Å². The van der Waals surface area contributed by atoms with E-state index in [9.17, 15) is 0 Å². The lowest BCUT2D eigenvalue weighted by atomic mass is 10.1. The Morgan fingerprint density at radius 1 is 1.12 bits per heavy atom. The van der Waals surface area contributed by atoms with E-state index in [4.69, 9.17) is 5.11 Å². The molecule has 2 rings (SSSR count). The Labute approximate surface area is 95.8 Å². The van der Waals surface area contributed by atoms with E-state index in [2.05, 4.69) is 23.6 Å². The van der Waals surface area contributed by atoms with Crippen molar-refractivity contribution in [2.24, 2.45) is 0 Å². The average Bonchev–Trinajstić information content (AvgIpc) is 2.29. The highest BCUT2D eigenvalue weighted by molar-refractivity contribution is 5.24. The Hall–Kier alpha value is -1.67. The van der Waals surface area contributed by atoms with Gasteiger partial charge in [0.25, 0.3) is 0 Å². The van der Waals surface area contributed by atoms with Gasteiger partial charge in [0.1, 0.15) is 0 Å². The van der Waals surface area contributed by atoms with E-state index in [1.165, 1.54) is 5.56 Å². The van der Waals surface area contributed by atoms with Crippen LogP contribution >= 0.6 is 0 Å². The maximum absolute atomic E-state index is 9.05. The molecule has 0 atom stereocenters. The van der Waals surface area contributed by atoms with Crippen molar-refractivity contribution in [2.45, 2.75) is 13.2 Å². The first-order valence-electron chi connectivity index (χ1n) is 5.27. The standard InChI is InChI=1S/C14H15NO/c1-12-4-2-5-13(8-12)9-15-7-3-6-14(10-15)11-16/h2-8,10,16H,1,9,11H2/q+1. The van der Waals surface area contributed by atoms with Crippen molar-refractivity contribution in [1.82, 2.24) is 0 Å². The van der Waals surface area contributed by atoms with Crippen LogP contribution in [0.2, 0.25) is 0 Å². The van der Waals surface area contributed by atoms with Gasteiger partial charge in [0.05, 0.1) is 6.61 Å². The van der Waals surface area contributed by atoms with Gasteiger partial charge in [-0.2, -0.15) is 0 Å². The summed E-state index contributed by atoms with van der Waals surface area (Å²) < 4.78 is 2.06. The second kappa shape index (κ2) is 4.90. The summed E-state index contributed by atoms with van der Waals surface area (Å²) in [6.45, 7) is 4.79. The maximum Gasteiger partial charge on any atom is 0.174 e. The molecule has 2 aromatic rings. The maximum atomic E-state index is 9.05. The summed E-state index contributed by atoms with van der Waals surface area (Å²) in [5, 5.41) is 9.05. The minimum Gasteiger partial charge on any atom is -0.391 e. The number of hydrogen-bond donors (Lipinski definition) is 1. The van der Waals surface area contributed by atoms with Crippen molar-refractivity contribution in [3.8, 4) is 0 Å². The van der Waals surface area contributed by atoms with Gasteiger partial charge in [-0.1, -0.05) is 18.2 Å². The first kappa shape index (κ1) is 10.8. The summed E-state index contributed by atoms with van der Waals surface area (Å²) in [6, 6.07) is 12.0. The third-order valence-electron chi connectivity index (χ3n) is 2.46. The van der Waals surface area contributed by atoms with E-state index in [0.717, 1.165) is 17.7 Å². The number of hydrogen-bond acceptors (Lipinski definition) is 1. The van der Waals surface area contributed by atoms with E-state index in [1.807, 2.05) is 36.7 Å². The Morgan fingerprint density at radius 2 is 1.94 bits per heavy atom. The predicted octanol–water partition coefficient (Wildman–Crippen LogP) is 1.70. The zero-order valence-corrected chi connectivity index (χ0v) is 9.13. The highest BCUT2D eigenvalue weighted by Crippen LogP contribution is 2.03. The van der Waals surface area contributed by atoms with Gasteiger partial charge in [-0.15, -0.1) is 0 Å². The van der Waals surface area contributed by atoms with Gasteiger partial charge >= 0.3 is 0 Å². The van der Waals surface area contributed by atoms with E-state index in [-0.39, 0.29) is 6.61 Å². The largest absolute Gasteiger partial charge is 0.391 e. The lowest BCUT2D eigenvalue weighted by Gasteiger charge is -2.00. The molecule has 0 aliphatic heterocycles. The first-order valence-corrected chi connectivity index (χ1v) is 5.27. The number of benzene rings is 1. The topological polar surface area (TPSA) is 24.1 Å². The highest BCUT2D eigenvalue weighted by Gasteiger charge is 2.03. The van der Waals surface area contributed by atoms with Crippen molar-refractivity contribution in [1.29, 1.82) is 0 Å². The fourth-order valence-corrected chi connectivity index (χ4v) is 1.71. The molecule has 0 amide bonds. The summed E-state index contributed by atoms with van der Waals surface area (Å²) in [6.07, 6.45) is 3.95. The van der Waals surface area contributed by atoms with Crippen LogP contribution < -0.4 is 4.57 Å². The van der Waals surface area contributed by atoms with Crippen LogP contribution in [0.1, 0.15) is 16.7 Å². The molecule has 2 heteroatoms. The number of pyridine rings is 1. The van der Waals surface area contributed by atoms with E-state index in [0.29, 0.717) is 0 Å². The highest BCUT2D eigenvalue weighted by atomic mass is 16.3. The Balaban J connectivity index is 2.20. The number of rotatable bonds is 3. The van der Waals surface area contributed by atoms with Crippen molar-refractivity contribution in [2.75, 3.05) is 0 Å². The minimum absolute atomic E-state index is 0.0796. The molecule has 0 fully saturated rings. The van der Waals surface area contributed by atoms with Crippen LogP contribution in [-0.2, 0) is 13.2 Å². The Bertz CT molecular complexity index is 480. The zero-order valence-electron chi connectivity index (χ0n) is 9.13. The van der Waals surface area contributed by atoms with Crippen LogP contribution in [0.3, 0.4) is 0 Å². The Morgan fingerprint density at radius 3 is 2.69 bits per heavy atom. The SMILES string of the molecule is [CH2]c1cccc(C[n+]2cccc(CO)c2)c1. The minimum atomic E-state index is 0.0796. The molecule has 16 heavy (non-hydrogen) atoms. The van der Waals surface area contributed by atoms with Gasteiger partial charge in [-0.3, -0.25) is 0 Å². The molecule has 0 spiro atoms. The average molecular weight is 213 g/mol. The summed E-state index contributed by atoms with van der Waals surface area (Å²) in [7, 11) is 0. The second-order valence-corrected chi connectivity index (χ2v) is 3.86. The van der Waals surface area contributed by atoms with E-state index < -0.39 is 0 Å². The summed E-state index contributed by atoms with van der Waals surface area (Å²) in [4.78, 5) is 0. The van der Waals surface area contributed by atoms with Gasteiger partial charge in [0.15, 0.2) is 18.9 Å². The van der Waals surface area contributed by atoms with Gasteiger partial charge in [0, 0.05) is 17.2 Å². The quantitative estimate of drug-likeness (QED) is 0.771. The van der Waals surface area contributed by atoms with E-state index in [1.54, 1.807) is 0 Å². The van der Waals surface area contributed by atoms with Crippen molar-refractivity contribution >= 4 is 0 Å². The van der Waals surface area contributed by atoms with Crippen molar-refractivity contribution in [3.05, 3.63) is 72.4 Å². The molecule has 1 radical (unpaired) electrons. The molecule has 0 aliphatic carbocycles. The molecule has 0 unspecified atom stereocenters. The van der Waals surface area contributed by atoms with Crippen LogP contribution in [-0.4, -0.2) is 5.11 Å². The first-order chi connectivity index (χ1) is 7.78. The number of aliphatic hydroxyl groups is 1. The number of aliphatic hydroxyl groups excluding tert-OH is 1. The zero-order chi connectivity index (χ0) is 11.4. The summed E-state index contributed by atoms with van der Waals surface area (Å²) >= 11 is 0. The molecule has 1 aromatic heterocycles. The van der Waals surface area contributed by atoms with Crippen LogP contribution in [0.5, 0.6) is 0 Å². The molecule has 0 saturated carbocycles. The van der Waals surface area contributed by atoms with Gasteiger partial charge < -0.3 is 5.11 Å². The van der Waals surface area contributed by atoms with Crippen LogP contribution in [0.25, 0.3) is 0 Å². The van der Waals surface area contributed by atoms with Gasteiger partial charge in [-0.25, -0.2) is 4.57 Å². The predicted molar refractivity (Wildman–Crippen MR) is 62.6 cm³/mol. The van der Waals surface area contributed by atoms with Crippen LogP contribution in [0.4, 0.5) is 0 Å². The molecule has 81 valence electrons. The molecule has 1 aromatic carbocycles. The summed E-state index contributed by atoms with van der Waals surface area (Å²) in [5.74, 6) is 0. The normalized spacial score (nSPS) is 10.4. The molecule has 0 aliphatic rings. The Kier molecular flexibility index (Phi) is 3.32. The van der Waals surface area contributed by atoms with Crippen molar-refractivity contribution in [3.63, 3.8) is 0 Å². The third kappa shape index (κ3) is 2.67. The second-order valence-electron chi connectivity index (χ2n) is 3.86. The lowest BCUT2D eigenvalue weighted by Crippen LogP contribution is -2.33. The molecule has 1 heterocycles. The molecular formula is C14H15NO+. The van der Waals surface area contributed by atoms with Gasteiger partial charge in [-0.05, 0) is 24.6 Å². The molecular weight excluding hydrogens is 198 g/mol. The summed E-state index contributed by atoms with van der Waals surface area (Å²) in [5.41, 5.74) is 3.16. The molecule has 1 N–H and O–H groups in total. The monoisotopic (exact) mass is 213 g/mol. The van der Waals surface area contributed by atoms with Crippen LogP contribution in [0.15, 0.2) is 48.8 Å². The van der Waals surface area contributed by atoms with Gasteiger partial charge in [0.2, 0.25) is 0 Å². The van der Waals surface area contributed by atoms with Crippen LogP contribution in [0, 0.1) is 6.92 Å².